The molecule has 2 aromatic heterocycles. The Morgan fingerprint density at radius 1 is 1.20 bits per heavy atom. The van der Waals surface area contributed by atoms with Crippen molar-refractivity contribution in [1.82, 2.24) is 14.5 Å². The predicted molar refractivity (Wildman–Crippen MR) is 97.9 cm³/mol. The summed E-state index contributed by atoms with van der Waals surface area (Å²) in [5.74, 6) is -0.965. The van der Waals surface area contributed by atoms with Gasteiger partial charge in [-0.25, -0.2) is 9.78 Å². The molecule has 0 spiro atoms. The summed E-state index contributed by atoms with van der Waals surface area (Å²) in [4.78, 5) is 19.2. The topological polar surface area (TPSA) is 70.9 Å². The highest BCUT2D eigenvalue weighted by Gasteiger charge is 2.15. The van der Waals surface area contributed by atoms with Crippen molar-refractivity contribution in [3.63, 3.8) is 0 Å². The molecule has 0 saturated heterocycles. The lowest BCUT2D eigenvalue weighted by Crippen LogP contribution is -1.96. The molecule has 124 valence electrons. The molecular formula is C19H14ClN3O2. The third kappa shape index (κ3) is 2.79. The lowest BCUT2D eigenvalue weighted by atomic mass is 10.0. The third-order valence-electron chi connectivity index (χ3n) is 4.11. The number of carboxylic acids is 1. The number of halogens is 1. The Morgan fingerprint density at radius 3 is 2.60 bits per heavy atom. The fourth-order valence-corrected chi connectivity index (χ4v) is 3.03. The van der Waals surface area contributed by atoms with Gasteiger partial charge in [0.25, 0.3) is 0 Å². The van der Waals surface area contributed by atoms with Gasteiger partial charge in [-0.3, -0.25) is 0 Å². The van der Waals surface area contributed by atoms with Crippen molar-refractivity contribution in [3.8, 4) is 22.5 Å². The number of aromatic carboxylic acids is 1. The van der Waals surface area contributed by atoms with E-state index in [1.807, 2.05) is 48.1 Å². The summed E-state index contributed by atoms with van der Waals surface area (Å²) in [6, 6.07) is 12.7. The first-order valence-corrected chi connectivity index (χ1v) is 8.03. The first-order chi connectivity index (χ1) is 12.0. The van der Waals surface area contributed by atoms with E-state index in [1.54, 1.807) is 18.5 Å². The van der Waals surface area contributed by atoms with Crippen molar-refractivity contribution >= 4 is 28.5 Å². The summed E-state index contributed by atoms with van der Waals surface area (Å²) < 4.78 is 1.83. The van der Waals surface area contributed by atoms with Crippen LogP contribution in [0.2, 0.25) is 5.02 Å². The van der Waals surface area contributed by atoms with E-state index in [-0.39, 0.29) is 5.56 Å². The maximum absolute atomic E-state index is 11.5. The van der Waals surface area contributed by atoms with Crippen LogP contribution in [0.1, 0.15) is 10.4 Å². The number of aromatic nitrogens is 3. The van der Waals surface area contributed by atoms with Crippen LogP contribution in [-0.4, -0.2) is 25.6 Å². The van der Waals surface area contributed by atoms with E-state index in [4.69, 9.17) is 11.6 Å². The van der Waals surface area contributed by atoms with Crippen LogP contribution in [0.5, 0.6) is 0 Å². The van der Waals surface area contributed by atoms with E-state index in [2.05, 4.69) is 9.97 Å². The van der Waals surface area contributed by atoms with Gasteiger partial charge in [0.2, 0.25) is 0 Å². The highest BCUT2D eigenvalue weighted by molar-refractivity contribution is 6.30. The number of carboxylic acid groups (broad SMARTS) is 1. The number of H-pyrrole nitrogens is 1. The minimum atomic E-state index is -0.965. The van der Waals surface area contributed by atoms with E-state index in [0.29, 0.717) is 5.02 Å². The fraction of sp³-hybridized carbons (Fsp3) is 0.0526. The van der Waals surface area contributed by atoms with E-state index in [9.17, 15) is 9.90 Å². The molecule has 4 aromatic rings. The Kier molecular flexibility index (Phi) is 3.58. The first kappa shape index (κ1) is 15.5. The number of aromatic amines is 1. The van der Waals surface area contributed by atoms with Gasteiger partial charge in [-0.15, -0.1) is 0 Å². The number of rotatable bonds is 3. The molecule has 0 amide bonds. The lowest BCUT2D eigenvalue weighted by molar-refractivity contribution is 0.0697. The molecule has 0 aliphatic carbocycles. The molecule has 0 bridgehead atoms. The largest absolute Gasteiger partial charge is 0.478 e. The van der Waals surface area contributed by atoms with Gasteiger partial charge >= 0.3 is 5.97 Å². The van der Waals surface area contributed by atoms with E-state index < -0.39 is 5.97 Å². The van der Waals surface area contributed by atoms with Crippen LogP contribution in [0.3, 0.4) is 0 Å². The van der Waals surface area contributed by atoms with Crippen molar-refractivity contribution in [2.45, 2.75) is 0 Å². The quantitative estimate of drug-likeness (QED) is 0.567. The first-order valence-electron chi connectivity index (χ1n) is 7.65. The summed E-state index contributed by atoms with van der Waals surface area (Å²) in [6.45, 7) is 0. The Bertz CT molecular complexity index is 1090. The van der Waals surface area contributed by atoms with Crippen LogP contribution in [0, 0.1) is 0 Å². The smallest absolute Gasteiger partial charge is 0.335 e. The molecule has 6 heteroatoms. The summed E-state index contributed by atoms with van der Waals surface area (Å²) >= 11 is 5.95. The summed E-state index contributed by atoms with van der Waals surface area (Å²) in [7, 11) is 1.88. The number of benzene rings is 2. The fourth-order valence-electron chi connectivity index (χ4n) is 2.91. The molecule has 0 atom stereocenters. The molecule has 0 radical (unpaired) electrons. The molecule has 4 rings (SSSR count). The van der Waals surface area contributed by atoms with Crippen LogP contribution in [-0.2, 0) is 7.05 Å². The Balaban J connectivity index is 1.96. The minimum absolute atomic E-state index is 0.231. The number of fused-ring (bicyclic) bond motifs is 1. The molecule has 0 aliphatic heterocycles. The van der Waals surface area contributed by atoms with Gasteiger partial charge in [0.15, 0.2) is 0 Å². The second kappa shape index (κ2) is 5.79. The van der Waals surface area contributed by atoms with Crippen molar-refractivity contribution in [2.24, 2.45) is 7.05 Å². The lowest BCUT2D eigenvalue weighted by Gasteiger charge is -2.03. The van der Waals surface area contributed by atoms with E-state index >= 15 is 0 Å². The molecule has 2 heterocycles. The van der Waals surface area contributed by atoms with E-state index in [0.717, 1.165) is 33.4 Å². The highest BCUT2D eigenvalue weighted by Crippen LogP contribution is 2.32. The molecule has 0 fully saturated rings. The zero-order valence-electron chi connectivity index (χ0n) is 13.3. The second-order valence-corrected chi connectivity index (χ2v) is 6.34. The van der Waals surface area contributed by atoms with Crippen LogP contribution >= 0.6 is 11.6 Å². The molecule has 2 aromatic carbocycles. The number of carbonyl (C=O) groups is 1. The Morgan fingerprint density at radius 2 is 1.96 bits per heavy atom. The molecule has 0 unspecified atom stereocenters. The zero-order valence-corrected chi connectivity index (χ0v) is 14.1. The van der Waals surface area contributed by atoms with Crippen molar-refractivity contribution in [2.75, 3.05) is 0 Å². The van der Waals surface area contributed by atoms with Crippen LogP contribution < -0.4 is 0 Å². The van der Waals surface area contributed by atoms with E-state index in [1.165, 1.54) is 0 Å². The standard InChI is InChI=1S/C19H14ClN3O2/c1-23-9-17(21-10-23)15-7-13(19(24)25)6-12-8-16(22-18(12)15)11-2-4-14(20)5-3-11/h2-10,22H,1H3,(H,24,25). The number of aryl methyl sites for hydroxylation is 1. The van der Waals surface area contributed by atoms with Gasteiger partial charge in [0.1, 0.15) is 0 Å². The van der Waals surface area contributed by atoms with Gasteiger partial charge < -0.3 is 14.7 Å². The molecule has 2 N–H and O–H groups in total. The summed E-state index contributed by atoms with van der Waals surface area (Å²) in [5, 5.41) is 10.9. The van der Waals surface area contributed by atoms with Gasteiger partial charge in [0, 0.05) is 34.9 Å². The third-order valence-corrected chi connectivity index (χ3v) is 4.36. The average Bonchev–Trinajstić information content (AvgIpc) is 3.20. The average molecular weight is 352 g/mol. The normalized spacial score (nSPS) is 11.1. The van der Waals surface area contributed by atoms with Crippen molar-refractivity contribution in [1.29, 1.82) is 0 Å². The Hall–Kier alpha value is -3.05. The van der Waals surface area contributed by atoms with Crippen LogP contribution in [0.4, 0.5) is 0 Å². The number of nitrogens with one attached hydrogen (secondary N) is 1. The maximum Gasteiger partial charge on any atom is 0.335 e. The number of hydrogen-bond acceptors (Lipinski definition) is 2. The SMILES string of the molecule is Cn1cnc(-c2cc(C(=O)O)cc3cc(-c4ccc(Cl)cc4)[nH]c23)c1. The zero-order chi connectivity index (χ0) is 17.6. The van der Waals surface area contributed by atoms with Gasteiger partial charge in [-0.1, -0.05) is 23.7 Å². The number of nitrogens with zero attached hydrogens (tertiary/aromatic N) is 2. The monoisotopic (exact) mass is 351 g/mol. The van der Waals surface area contributed by atoms with Crippen molar-refractivity contribution < 1.29 is 9.90 Å². The van der Waals surface area contributed by atoms with Crippen molar-refractivity contribution in [3.05, 3.63) is 65.6 Å². The maximum atomic E-state index is 11.5. The second-order valence-electron chi connectivity index (χ2n) is 5.91. The molecule has 0 saturated carbocycles. The number of imidazole rings is 1. The molecule has 5 nitrogen and oxygen atoms in total. The number of hydrogen-bond donors (Lipinski definition) is 2. The van der Waals surface area contributed by atoms with Crippen LogP contribution in [0.15, 0.2) is 55.0 Å². The van der Waals surface area contributed by atoms with Gasteiger partial charge in [0.05, 0.1) is 23.1 Å². The van der Waals surface area contributed by atoms with Gasteiger partial charge in [-0.2, -0.15) is 0 Å². The van der Waals surface area contributed by atoms with Crippen LogP contribution in [0.25, 0.3) is 33.4 Å². The molecular weight excluding hydrogens is 338 g/mol. The Labute approximate surface area is 148 Å². The minimum Gasteiger partial charge on any atom is -0.478 e. The van der Waals surface area contributed by atoms with Gasteiger partial charge in [-0.05, 0) is 35.9 Å². The predicted octanol–water partition coefficient (Wildman–Crippen LogP) is 4.59. The molecule has 25 heavy (non-hydrogen) atoms. The summed E-state index contributed by atoms with van der Waals surface area (Å²) in [5.41, 5.74) is 4.44. The highest BCUT2D eigenvalue weighted by atomic mass is 35.5. The molecule has 0 aliphatic rings. The summed E-state index contributed by atoms with van der Waals surface area (Å²) in [6.07, 6.45) is 3.56.